The number of pyridine rings is 1. The van der Waals surface area contributed by atoms with E-state index in [9.17, 15) is 14.7 Å². The Balaban J connectivity index is 1.76. The first-order chi connectivity index (χ1) is 16.0. The largest absolute Gasteiger partial charge is 0.502 e. The second-order valence-electron chi connectivity index (χ2n) is 7.91. The van der Waals surface area contributed by atoms with Crippen molar-refractivity contribution >= 4 is 17.5 Å². The lowest BCUT2D eigenvalue weighted by atomic mass is 9.94. The number of carbonyl (C=O) groups excluding carboxylic acids is 1. The van der Waals surface area contributed by atoms with Gasteiger partial charge in [-0.2, -0.15) is 0 Å². The van der Waals surface area contributed by atoms with Gasteiger partial charge in [0.1, 0.15) is 25.1 Å². The summed E-state index contributed by atoms with van der Waals surface area (Å²) in [6.07, 6.45) is 1.52. The summed E-state index contributed by atoms with van der Waals surface area (Å²) in [5.41, 5.74) is 2.07. The van der Waals surface area contributed by atoms with E-state index in [2.05, 4.69) is 0 Å². The summed E-state index contributed by atoms with van der Waals surface area (Å²) < 4.78 is 12.8. The normalized spacial score (nSPS) is 17.0. The summed E-state index contributed by atoms with van der Waals surface area (Å²) in [6.45, 7) is 1.14. The van der Waals surface area contributed by atoms with Crippen molar-refractivity contribution in [3.05, 3.63) is 92.4 Å². The first-order valence-electron chi connectivity index (χ1n) is 10.5. The predicted molar refractivity (Wildman–Crippen MR) is 122 cm³/mol. The standard InChI is InChI=1S/C24H22ClN3O5/c1-32-12-11-26-14-28(27-10-9-19(29)22(30)21(27)24(26)31)20-16-6-3-2-5-15(16)13-33-23-17(20)7-4-8-18(23)25/h2-10,20,30H,11-14H2,1H3. The van der Waals surface area contributed by atoms with E-state index in [0.717, 1.165) is 16.7 Å². The lowest BCUT2D eigenvalue weighted by Gasteiger charge is -2.44. The minimum Gasteiger partial charge on any atom is -0.502 e. The fraction of sp³-hybridized carbons (Fsp3) is 0.250. The van der Waals surface area contributed by atoms with Crippen molar-refractivity contribution in [3.8, 4) is 11.5 Å². The minimum absolute atomic E-state index is 0.0870. The Morgan fingerprint density at radius 1 is 1.12 bits per heavy atom. The fourth-order valence-electron chi connectivity index (χ4n) is 4.43. The highest BCUT2D eigenvalue weighted by Gasteiger charge is 2.39. The van der Waals surface area contributed by atoms with Crippen LogP contribution in [0, 0.1) is 0 Å². The number of ether oxygens (including phenoxy) is 2. The molecule has 2 aliphatic heterocycles. The molecule has 0 radical (unpaired) electrons. The van der Waals surface area contributed by atoms with Gasteiger partial charge in [0.05, 0.1) is 11.6 Å². The van der Waals surface area contributed by atoms with Crippen molar-refractivity contribution in [2.45, 2.75) is 12.6 Å². The molecule has 0 fully saturated rings. The number of nitrogens with zero attached hydrogens (tertiary/aromatic N) is 3. The Morgan fingerprint density at radius 3 is 2.73 bits per heavy atom. The molecule has 1 atom stereocenters. The van der Waals surface area contributed by atoms with Crippen LogP contribution in [0.1, 0.15) is 33.2 Å². The van der Waals surface area contributed by atoms with Gasteiger partial charge >= 0.3 is 0 Å². The zero-order chi connectivity index (χ0) is 23.1. The number of methoxy groups -OCH3 is 1. The zero-order valence-corrected chi connectivity index (χ0v) is 18.7. The Kier molecular flexibility index (Phi) is 5.47. The van der Waals surface area contributed by atoms with E-state index < -0.39 is 23.1 Å². The molecule has 33 heavy (non-hydrogen) atoms. The summed E-state index contributed by atoms with van der Waals surface area (Å²) >= 11 is 6.52. The van der Waals surface area contributed by atoms with Crippen LogP contribution in [0.2, 0.25) is 5.02 Å². The average Bonchev–Trinajstić information content (AvgIpc) is 2.98. The van der Waals surface area contributed by atoms with Crippen molar-refractivity contribution < 1.29 is 19.4 Å². The molecule has 2 aliphatic rings. The lowest BCUT2D eigenvalue weighted by Crippen LogP contribution is -2.56. The van der Waals surface area contributed by atoms with Gasteiger partial charge in [0.2, 0.25) is 5.43 Å². The van der Waals surface area contributed by atoms with Crippen LogP contribution < -0.4 is 15.2 Å². The number of aromatic nitrogens is 1. The highest BCUT2D eigenvalue weighted by Crippen LogP contribution is 2.43. The number of hydrogen-bond acceptors (Lipinski definition) is 6. The molecule has 0 bridgehead atoms. The van der Waals surface area contributed by atoms with Crippen LogP contribution in [0.3, 0.4) is 0 Å². The monoisotopic (exact) mass is 467 g/mol. The predicted octanol–water partition coefficient (Wildman–Crippen LogP) is 2.89. The van der Waals surface area contributed by atoms with E-state index in [1.54, 1.807) is 22.8 Å². The van der Waals surface area contributed by atoms with Gasteiger partial charge in [-0.1, -0.05) is 48.0 Å². The molecule has 170 valence electrons. The molecule has 8 nitrogen and oxygen atoms in total. The van der Waals surface area contributed by atoms with Gasteiger partial charge in [0.25, 0.3) is 5.91 Å². The second-order valence-corrected chi connectivity index (χ2v) is 8.32. The Bertz CT molecular complexity index is 1290. The molecule has 0 saturated heterocycles. The number of amides is 1. The Morgan fingerprint density at radius 2 is 1.91 bits per heavy atom. The molecular weight excluding hydrogens is 446 g/mol. The number of aromatic hydroxyl groups is 1. The van der Waals surface area contributed by atoms with E-state index in [-0.39, 0.29) is 12.4 Å². The molecule has 2 aromatic carbocycles. The van der Waals surface area contributed by atoms with Crippen LogP contribution in [0.5, 0.6) is 11.5 Å². The van der Waals surface area contributed by atoms with E-state index in [1.165, 1.54) is 12.3 Å². The van der Waals surface area contributed by atoms with Gasteiger partial charge < -0.3 is 19.5 Å². The molecule has 1 aromatic heterocycles. The lowest BCUT2D eigenvalue weighted by molar-refractivity contribution is 0.0614. The number of benzene rings is 2. The molecule has 5 rings (SSSR count). The molecule has 1 N–H and O–H groups in total. The quantitative estimate of drug-likeness (QED) is 0.635. The molecule has 3 heterocycles. The SMILES string of the molecule is COCCN1CN(C2c3ccccc3COc3c(Cl)cccc32)n2ccc(=O)c(O)c2C1=O. The van der Waals surface area contributed by atoms with E-state index in [4.69, 9.17) is 21.1 Å². The van der Waals surface area contributed by atoms with E-state index in [1.807, 2.05) is 41.4 Å². The van der Waals surface area contributed by atoms with E-state index in [0.29, 0.717) is 30.5 Å². The summed E-state index contributed by atoms with van der Waals surface area (Å²) in [5.74, 6) is -0.463. The maximum absolute atomic E-state index is 13.2. The van der Waals surface area contributed by atoms with Gasteiger partial charge in [-0.15, -0.1) is 0 Å². The molecule has 9 heteroatoms. The molecule has 1 amide bonds. The smallest absolute Gasteiger partial charge is 0.277 e. The number of rotatable bonds is 4. The topological polar surface area (TPSA) is 84.2 Å². The maximum atomic E-state index is 13.2. The third-order valence-corrected chi connectivity index (χ3v) is 6.31. The van der Waals surface area contributed by atoms with E-state index >= 15 is 0 Å². The molecule has 1 unspecified atom stereocenters. The first kappa shape index (κ1) is 21.4. The second kappa shape index (κ2) is 8.46. The van der Waals surface area contributed by atoms with Crippen molar-refractivity contribution in [3.63, 3.8) is 0 Å². The number of fused-ring (bicyclic) bond motifs is 3. The van der Waals surface area contributed by atoms with Crippen molar-refractivity contribution in [2.75, 3.05) is 31.9 Å². The first-order valence-corrected chi connectivity index (χ1v) is 10.9. The van der Waals surface area contributed by atoms with Gasteiger partial charge in [-0.25, -0.2) is 0 Å². The van der Waals surface area contributed by atoms with Crippen molar-refractivity contribution in [2.24, 2.45) is 0 Å². The highest BCUT2D eigenvalue weighted by molar-refractivity contribution is 6.32. The summed E-state index contributed by atoms with van der Waals surface area (Å²) in [5, 5.41) is 13.0. The average molecular weight is 468 g/mol. The number of halogens is 1. The molecule has 0 aliphatic carbocycles. The number of carbonyl (C=O) groups is 1. The van der Waals surface area contributed by atoms with Gasteiger partial charge in [0.15, 0.2) is 11.4 Å². The van der Waals surface area contributed by atoms with Crippen molar-refractivity contribution in [1.29, 1.82) is 0 Å². The molecule has 3 aromatic rings. The van der Waals surface area contributed by atoms with Crippen LogP contribution in [0.25, 0.3) is 0 Å². The summed E-state index contributed by atoms with van der Waals surface area (Å²) in [6, 6.07) is 14.3. The third-order valence-electron chi connectivity index (χ3n) is 6.01. The third kappa shape index (κ3) is 3.51. The Hall–Kier alpha value is -3.49. The fourth-order valence-corrected chi connectivity index (χ4v) is 4.67. The van der Waals surface area contributed by atoms with Crippen LogP contribution in [-0.4, -0.2) is 47.5 Å². The molecular formula is C24H22ClN3O5. The highest BCUT2D eigenvalue weighted by atomic mass is 35.5. The maximum Gasteiger partial charge on any atom is 0.277 e. The van der Waals surface area contributed by atoms with Gasteiger partial charge in [0, 0.05) is 31.5 Å². The van der Waals surface area contributed by atoms with Crippen LogP contribution in [-0.2, 0) is 11.3 Å². The number of hydrogen-bond donors (Lipinski definition) is 1. The van der Waals surface area contributed by atoms with Crippen LogP contribution in [0.15, 0.2) is 59.5 Å². The molecule has 0 saturated carbocycles. The zero-order valence-electron chi connectivity index (χ0n) is 17.9. The molecule has 0 spiro atoms. The van der Waals surface area contributed by atoms with Crippen LogP contribution in [0.4, 0.5) is 0 Å². The summed E-state index contributed by atoms with van der Waals surface area (Å²) in [7, 11) is 1.55. The van der Waals surface area contributed by atoms with Crippen LogP contribution >= 0.6 is 11.6 Å². The summed E-state index contributed by atoms with van der Waals surface area (Å²) in [4.78, 5) is 27.0. The number of para-hydroxylation sites is 1. The van der Waals surface area contributed by atoms with Crippen molar-refractivity contribution in [1.82, 2.24) is 9.58 Å². The van der Waals surface area contributed by atoms with Gasteiger partial charge in [-0.3, -0.25) is 19.3 Å². The minimum atomic E-state index is -0.615. The van der Waals surface area contributed by atoms with Gasteiger partial charge in [-0.05, 0) is 17.2 Å². The Labute approximate surface area is 195 Å².